The summed E-state index contributed by atoms with van der Waals surface area (Å²) in [6.07, 6.45) is -0.810. The molecule has 0 spiro atoms. The van der Waals surface area contributed by atoms with E-state index in [1.807, 2.05) is 19.1 Å². The number of nitrogens with one attached hydrogen (secondary N) is 2. The van der Waals surface area contributed by atoms with Crippen molar-refractivity contribution in [1.82, 2.24) is 10.9 Å². The number of cyclic esters (lactones) is 1. The number of carbonyl (C=O) groups excluding carboxylic acids is 2. The van der Waals surface area contributed by atoms with Crippen LogP contribution in [-0.4, -0.2) is 26.1 Å². The Hall–Kier alpha value is -3.06. The Morgan fingerprint density at radius 3 is 2.56 bits per heavy atom. The van der Waals surface area contributed by atoms with Gasteiger partial charge >= 0.3 is 5.97 Å². The molecule has 1 aliphatic rings. The normalized spacial score (nSPS) is 15.3. The number of carbonyl (C=O) groups is 2. The van der Waals surface area contributed by atoms with E-state index in [0.717, 1.165) is 5.56 Å². The topological polar surface area (TPSA) is 85.9 Å². The zero-order valence-corrected chi connectivity index (χ0v) is 14.1. The monoisotopic (exact) mass is 342 g/mol. The standard InChI is InChI=1S/C18H18N2O5/c1-10-6-4-5-7-11(10)16(21)19-20-17-12-8-9-13(23-2)15(24-3)14(12)18(22)25-17/h4-9,17,20H,1-3H3,(H,19,21). The van der Waals surface area contributed by atoms with Crippen LogP contribution in [0.5, 0.6) is 11.5 Å². The Labute approximate surface area is 144 Å². The summed E-state index contributed by atoms with van der Waals surface area (Å²) in [5.41, 5.74) is 7.54. The number of hydrogen-bond acceptors (Lipinski definition) is 6. The van der Waals surface area contributed by atoms with E-state index >= 15 is 0 Å². The van der Waals surface area contributed by atoms with Crippen molar-refractivity contribution in [1.29, 1.82) is 0 Å². The van der Waals surface area contributed by atoms with E-state index in [2.05, 4.69) is 10.9 Å². The van der Waals surface area contributed by atoms with Gasteiger partial charge in [-0.15, -0.1) is 0 Å². The minimum absolute atomic E-state index is 0.282. The second-order valence-electron chi connectivity index (χ2n) is 5.46. The van der Waals surface area contributed by atoms with Crippen molar-refractivity contribution in [3.05, 3.63) is 58.7 Å². The molecule has 25 heavy (non-hydrogen) atoms. The number of rotatable bonds is 5. The summed E-state index contributed by atoms with van der Waals surface area (Å²) in [5.74, 6) is -0.126. The number of fused-ring (bicyclic) bond motifs is 1. The number of amides is 1. The Balaban J connectivity index is 1.80. The van der Waals surface area contributed by atoms with E-state index < -0.39 is 12.2 Å². The van der Waals surface area contributed by atoms with Crippen molar-refractivity contribution >= 4 is 11.9 Å². The lowest BCUT2D eigenvalue weighted by atomic mass is 10.1. The molecule has 0 saturated heterocycles. The lowest BCUT2D eigenvalue weighted by Gasteiger charge is -2.15. The van der Waals surface area contributed by atoms with Gasteiger partial charge in [0.25, 0.3) is 5.91 Å². The molecule has 0 saturated carbocycles. The van der Waals surface area contributed by atoms with E-state index in [1.165, 1.54) is 14.2 Å². The zero-order valence-electron chi connectivity index (χ0n) is 14.1. The molecular formula is C18H18N2O5. The van der Waals surface area contributed by atoms with Crippen molar-refractivity contribution in [2.45, 2.75) is 13.2 Å². The maximum Gasteiger partial charge on any atom is 0.344 e. The molecule has 7 nitrogen and oxygen atoms in total. The van der Waals surface area contributed by atoms with Gasteiger partial charge in [-0.2, -0.15) is 5.43 Å². The Morgan fingerprint density at radius 2 is 1.88 bits per heavy atom. The van der Waals surface area contributed by atoms with Crippen LogP contribution in [0.3, 0.4) is 0 Å². The number of aryl methyl sites for hydroxylation is 1. The first-order chi connectivity index (χ1) is 12.1. The molecule has 1 amide bonds. The second-order valence-corrected chi connectivity index (χ2v) is 5.46. The van der Waals surface area contributed by atoms with Gasteiger partial charge in [-0.1, -0.05) is 18.2 Å². The summed E-state index contributed by atoms with van der Waals surface area (Å²) in [4.78, 5) is 24.5. The molecule has 1 heterocycles. The summed E-state index contributed by atoms with van der Waals surface area (Å²) in [5, 5.41) is 0. The SMILES string of the molecule is COc1ccc2c(c1OC)C(=O)OC2NNC(=O)c1ccccc1C. The van der Waals surface area contributed by atoms with E-state index in [4.69, 9.17) is 14.2 Å². The summed E-state index contributed by atoms with van der Waals surface area (Å²) >= 11 is 0. The Morgan fingerprint density at radius 1 is 1.12 bits per heavy atom. The predicted molar refractivity (Wildman–Crippen MR) is 89.5 cm³/mol. The first kappa shape index (κ1) is 16.8. The maximum atomic E-state index is 12.3. The molecule has 130 valence electrons. The van der Waals surface area contributed by atoms with E-state index in [1.54, 1.807) is 24.3 Å². The van der Waals surface area contributed by atoms with Crippen molar-refractivity contribution in [2.24, 2.45) is 0 Å². The van der Waals surface area contributed by atoms with Crippen LogP contribution in [0.4, 0.5) is 0 Å². The average Bonchev–Trinajstić information content (AvgIpc) is 2.95. The fourth-order valence-electron chi connectivity index (χ4n) is 2.73. The van der Waals surface area contributed by atoms with Gasteiger partial charge in [0.1, 0.15) is 5.56 Å². The molecule has 1 aliphatic heterocycles. The molecule has 2 aromatic rings. The highest BCUT2D eigenvalue weighted by molar-refractivity contribution is 5.98. The lowest BCUT2D eigenvalue weighted by molar-refractivity contribution is 0.0259. The van der Waals surface area contributed by atoms with Gasteiger partial charge in [0.15, 0.2) is 17.7 Å². The zero-order chi connectivity index (χ0) is 18.0. The van der Waals surface area contributed by atoms with E-state index in [0.29, 0.717) is 22.6 Å². The van der Waals surface area contributed by atoms with Gasteiger partial charge in [-0.25, -0.2) is 4.79 Å². The fraction of sp³-hybridized carbons (Fsp3) is 0.222. The molecule has 0 fully saturated rings. The predicted octanol–water partition coefficient (Wildman–Crippen LogP) is 2.12. The minimum Gasteiger partial charge on any atom is -0.493 e. The molecule has 2 aromatic carbocycles. The Bertz CT molecular complexity index is 834. The van der Waals surface area contributed by atoms with Crippen LogP contribution in [-0.2, 0) is 4.74 Å². The van der Waals surface area contributed by atoms with Gasteiger partial charge in [0, 0.05) is 11.1 Å². The van der Waals surface area contributed by atoms with Gasteiger partial charge in [0.2, 0.25) is 0 Å². The van der Waals surface area contributed by atoms with Crippen LogP contribution in [0.1, 0.15) is 38.1 Å². The number of hydrogen-bond donors (Lipinski definition) is 2. The molecule has 1 unspecified atom stereocenters. The van der Waals surface area contributed by atoms with Crippen LogP contribution < -0.4 is 20.3 Å². The van der Waals surface area contributed by atoms with Crippen LogP contribution in [0.2, 0.25) is 0 Å². The average molecular weight is 342 g/mol. The highest BCUT2D eigenvalue weighted by Gasteiger charge is 2.36. The van der Waals surface area contributed by atoms with E-state index in [9.17, 15) is 9.59 Å². The van der Waals surface area contributed by atoms with Gasteiger partial charge in [-0.3, -0.25) is 10.2 Å². The number of ether oxygens (including phenoxy) is 3. The first-order valence-corrected chi connectivity index (χ1v) is 7.64. The van der Waals surface area contributed by atoms with Crippen molar-refractivity contribution in [2.75, 3.05) is 14.2 Å². The molecule has 1 atom stereocenters. The van der Waals surface area contributed by atoms with E-state index in [-0.39, 0.29) is 11.5 Å². The largest absolute Gasteiger partial charge is 0.493 e. The molecule has 0 radical (unpaired) electrons. The summed E-state index contributed by atoms with van der Waals surface area (Å²) in [6, 6.07) is 10.6. The molecule has 0 aliphatic carbocycles. The molecule has 7 heteroatoms. The highest BCUT2D eigenvalue weighted by atomic mass is 16.6. The van der Waals surface area contributed by atoms with Crippen LogP contribution in [0.15, 0.2) is 36.4 Å². The number of benzene rings is 2. The fourth-order valence-corrected chi connectivity index (χ4v) is 2.73. The molecular weight excluding hydrogens is 324 g/mol. The molecule has 0 bridgehead atoms. The quantitative estimate of drug-likeness (QED) is 0.639. The second kappa shape index (κ2) is 6.82. The summed E-state index contributed by atoms with van der Waals surface area (Å²) in [6.45, 7) is 1.84. The third-order valence-electron chi connectivity index (χ3n) is 4.00. The highest BCUT2D eigenvalue weighted by Crippen LogP contribution is 2.40. The van der Waals surface area contributed by atoms with Crippen molar-refractivity contribution in [3.8, 4) is 11.5 Å². The van der Waals surface area contributed by atoms with Crippen molar-refractivity contribution < 1.29 is 23.8 Å². The number of hydrazine groups is 1. The smallest absolute Gasteiger partial charge is 0.344 e. The summed E-state index contributed by atoms with van der Waals surface area (Å²) in [7, 11) is 2.94. The van der Waals surface area contributed by atoms with Gasteiger partial charge < -0.3 is 14.2 Å². The van der Waals surface area contributed by atoms with Crippen LogP contribution in [0.25, 0.3) is 0 Å². The lowest BCUT2D eigenvalue weighted by Crippen LogP contribution is -2.40. The Kier molecular flexibility index (Phi) is 4.58. The third kappa shape index (κ3) is 3.01. The number of esters is 1. The molecule has 0 aromatic heterocycles. The van der Waals surface area contributed by atoms with Crippen LogP contribution in [0, 0.1) is 6.92 Å². The van der Waals surface area contributed by atoms with Gasteiger partial charge in [-0.05, 0) is 30.7 Å². The van der Waals surface area contributed by atoms with Crippen LogP contribution >= 0.6 is 0 Å². The number of methoxy groups -OCH3 is 2. The van der Waals surface area contributed by atoms with Gasteiger partial charge in [0.05, 0.1) is 14.2 Å². The summed E-state index contributed by atoms with van der Waals surface area (Å²) < 4.78 is 15.7. The molecule has 2 N–H and O–H groups in total. The van der Waals surface area contributed by atoms with Crippen molar-refractivity contribution in [3.63, 3.8) is 0 Å². The maximum absolute atomic E-state index is 12.3. The minimum atomic E-state index is -0.810. The first-order valence-electron chi connectivity index (χ1n) is 7.64. The third-order valence-corrected chi connectivity index (χ3v) is 4.00. The molecule has 3 rings (SSSR count).